The molecule has 3 aliphatic rings. The van der Waals surface area contributed by atoms with E-state index in [4.69, 9.17) is 27.9 Å². The van der Waals surface area contributed by atoms with E-state index in [2.05, 4.69) is 4.90 Å². The van der Waals surface area contributed by atoms with Crippen molar-refractivity contribution in [3.63, 3.8) is 0 Å². The highest BCUT2D eigenvalue weighted by Crippen LogP contribution is 2.43. The summed E-state index contributed by atoms with van der Waals surface area (Å²) in [6, 6.07) is 6.11. The van der Waals surface area contributed by atoms with Crippen molar-refractivity contribution in [1.29, 1.82) is 0 Å². The van der Waals surface area contributed by atoms with Crippen LogP contribution in [0.2, 0.25) is 10.0 Å². The predicted octanol–water partition coefficient (Wildman–Crippen LogP) is 4.56. The number of nitrogens with zero attached hydrogens (tertiary/aromatic N) is 2. The second kappa shape index (κ2) is 8.51. The molecule has 28 heavy (non-hydrogen) atoms. The predicted molar refractivity (Wildman–Crippen MR) is 113 cm³/mol. The van der Waals surface area contributed by atoms with Crippen molar-refractivity contribution in [2.75, 3.05) is 26.7 Å². The fourth-order valence-electron chi connectivity index (χ4n) is 5.37. The Labute approximate surface area is 178 Å². The third-order valence-corrected chi connectivity index (χ3v) is 7.68. The highest BCUT2D eigenvalue weighted by molar-refractivity contribution is 6.42. The monoisotopic (exact) mass is 424 g/mol. The normalized spacial score (nSPS) is 30.8. The molecule has 1 saturated carbocycles. The smallest absolute Gasteiger partial charge is 0.227 e. The Morgan fingerprint density at radius 1 is 1.21 bits per heavy atom. The topological polar surface area (TPSA) is 32.8 Å². The van der Waals surface area contributed by atoms with Crippen molar-refractivity contribution >= 4 is 29.1 Å². The summed E-state index contributed by atoms with van der Waals surface area (Å²) in [6.07, 6.45) is 8.36. The van der Waals surface area contributed by atoms with Crippen LogP contribution in [0.4, 0.5) is 0 Å². The van der Waals surface area contributed by atoms with Gasteiger partial charge in [0.05, 0.1) is 22.1 Å². The second-order valence-corrected chi connectivity index (χ2v) is 9.50. The van der Waals surface area contributed by atoms with Crippen LogP contribution < -0.4 is 0 Å². The SMILES string of the molecule is CN(C(=O)Cc1ccc(Cl)c(Cl)c1)[C@H]1CCC2(CCCO2)C[C@@H]1N1CCCC1. The number of ether oxygens (including phenoxy) is 1. The molecule has 1 aliphatic carbocycles. The van der Waals surface area contributed by atoms with Gasteiger partial charge >= 0.3 is 0 Å². The van der Waals surface area contributed by atoms with E-state index in [1.807, 2.05) is 18.0 Å². The average Bonchev–Trinajstić information content (AvgIpc) is 3.37. The zero-order valence-electron chi connectivity index (χ0n) is 16.6. The number of benzene rings is 1. The Hall–Kier alpha value is -0.810. The first-order valence-corrected chi connectivity index (χ1v) is 11.3. The molecule has 2 heterocycles. The molecule has 6 heteroatoms. The fourth-order valence-corrected chi connectivity index (χ4v) is 5.69. The minimum absolute atomic E-state index is 0.0529. The Kier molecular flexibility index (Phi) is 6.22. The van der Waals surface area contributed by atoms with Crippen LogP contribution in [0, 0.1) is 0 Å². The molecule has 1 aromatic carbocycles. The van der Waals surface area contributed by atoms with Crippen LogP contribution in [0.5, 0.6) is 0 Å². The van der Waals surface area contributed by atoms with E-state index in [0.717, 1.165) is 44.5 Å². The maximum Gasteiger partial charge on any atom is 0.227 e. The number of rotatable bonds is 4. The van der Waals surface area contributed by atoms with E-state index >= 15 is 0 Å². The van der Waals surface area contributed by atoms with Crippen molar-refractivity contribution in [3.8, 4) is 0 Å². The van der Waals surface area contributed by atoms with Crippen LogP contribution in [0.15, 0.2) is 18.2 Å². The zero-order valence-corrected chi connectivity index (χ0v) is 18.1. The van der Waals surface area contributed by atoms with E-state index < -0.39 is 0 Å². The number of carbonyl (C=O) groups is 1. The lowest BCUT2D eigenvalue weighted by atomic mass is 9.76. The maximum atomic E-state index is 13.1. The van der Waals surface area contributed by atoms with Gasteiger partial charge in [-0.3, -0.25) is 9.69 Å². The summed E-state index contributed by atoms with van der Waals surface area (Å²) < 4.78 is 6.22. The van der Waals surface area contributed by atoms with Crippen LogP contribution in [-0.2, 0) is 16.0 Å². The van der Waals surface area contributed by atoms with E-state index in [1.165, 1.54) is 25.7 Å². The number of likely N-dealkylation sites (tertiary alicyclic amines) is 1. The Morgan fingerprint density at radius 3 is 2.68 bits per heavy atom. The summed E-state index contributed by atoms with van der Waals surface area (Å²) in [5, 5.41) is 1.03. The Balaban J connectivity index is 1.48. The van der Waals surface area contributed by atoms with Crippen molar-refractivity contribution in [3.05, 3.63) is 33.8 Å². The summed E-state index contributed by atoms with van der Waals surface area (Å²) in [5.41, 5.74) is 0.965. The molecule has 4 rings (SSSR count). The average molecular weight is 425 g/mol. The largest absolute Gasteiger partial charge is 0.375 e. The second-order valence-electron chi connectivity index (χ2n) is 8.69. The van der Waals surface area contributed by atoms with E-state index in [9.17, 15) is 4.79 Å². The Morgan fingerprint density at radius 2 is 2.00 bits per heavy atom. The molecule has 0 aromatic heterocycles. The molecule has 154 valence electrons. The quantitative estimate of drug-likeness (QED) is 0.709. The molecule has 1 unspecified atom stereocenters. The van der Waals surface area contributed by atoms with Crippen LogP contribution >= 0.6 is 23.2 Å². The minimum atomic E-state index is 0.0529. The fraction of sp³-hybridized carbons (Fsp3) is 0.682. The summed E-state index contributed by atoms with van der Waals surface area (Å²) in [7, 11) is 1.97. The molecule has 0 radical (unpaired) electrons. The molecule has 1 spiro atoms. The van der Waals surface area contributed by atoms with Crippen molar-refractivity contribution in [1.82, 2.24) is 9.80 Å². The lowest BCUT2D eigenvalue weighted by molar-refractivity contribution is -0.136. The highest BCUT2D eigenvalue weighted by atomic mass is 35.5. The molecule has 2 aliphatic heterocycles. The van der Waals surface area contributed by atoms with Gasteiger partial charge in [0.2, 0.25) is 5.91 Å². The maximum absolute atomic E-state index is 13.1. The van der Waals surface area contributed by atoms with Gasteiger partial charge in [-0.05, 0) is 75.7 Å². The van der Waals surface area contributed by atoms with E-state index in [1.54, 1.807) is 12.1 Å². The van der Waals surface area contributed by atoms with E-state index in [-0.39, 0.29) is 17.6 Å². The molecule has 4 nitrogen and oxygen atoms in total. The molecule has 1 amide bonds. The van der Waals surface area contributed by atoms with Crippen LogP contribution in [0.25, 0.3) is 0 Å². The number of carbonyl (C=O) groups excluding carboxylic acids is 1. The molecule has 2 saturated heterocycles. The standard InChI is InChI=1S/C22H30Cl2N2O2/c1-25(21(27)14-16-5-6-17(23)18(24)13-16)19-7-9-22(8-4-12-28-22)15-20(19)26-10-2-3-11-26/h5-6,13,19-20H,2-4,7-12,14-15H2,1H3/t19-,20-,22?/m0/s1. The molecular weight excluding hydrogens is 395 g/mol. The van der Waals surface area contributed by atoms with Gasteiger partial charge in [-0.2, -0.15) is 0 Å². The lowest BCUT2D eigenvalue weighted by Gasteiger charge is -2.48. The van der Waals surface area contributed by atoms with Crippen LogP contribution in [0.1, 0.15) is 50.5 Å². The minimum Gasteiger partial charge on any atom is -0.375 e. The van der Waals surface area contributed by atoms with Crippen LogP contribution in [-0.4, -0.2) is 60.1 Å². The molecule has 3 atom stereocenters. The first kappa shape index (κ1) is 20.5. The van der Waals surface area contributed by atoms with Crippen molar-refractivity contribution in [2.45, 2.75) is 69.1 Å². The Bertz CT molecular complexity index is 714. The first-order chi connectivity index (χ1) is 13.5. The van der Waals surface area contributed by atoms with Crippen molar-refractivity contribution in [2.24, 2.45) is 0 Å². The summed E-state index contributed by atoms with van der Waals surface area (Å²) >= 11 is 12.1. The van der Waals surface area contributed by atoms with Gasteiger partial charge in [0, 0.05) is 25.7 Å². The summed E-state index contributed by atoms with van der Waals surface area (Å²) in [6.45, 7) is 3.18. The zero-order chi connectivity index (χ0) is 19.7. The number of likely N-dealkylation sites (N-methyl/N-ethyl adjacent to an activating group) is 1. The molecule has 0 N–H and O–H groups in total. The van der Waals surface area contributed by atoms with Gasteiger partial charge in [-0.25, -0.2) is 0 Å². The van der Waals surface area contributed by atoms with Crippen molar-refractivity contribution < 1.29 is 9.53 Å². The summed E-state index contributed by atoms with van der Waals surface area (Å²) in [5.74, 6) is 0.149. The van der Waals surface area contributed by atoms with Gasteiger partial charge < -0.3 is 9.64 Å². The molecule has 1 aromatic rings. The van der Waals surface area contributed by atoms with E-state index in [0.29, 0.717) is 22.5 Å². The summed E-state index contributed by atoms with van der Waals surface area (Å²) in [4.78, 5) is 17.7. The van der Waals surface area contributed by atoms with Gasteiger partial charge in [0.15, 0.2) is 0 Å². The number of hydrogen-bond donors (Lipinski definition) is 0. The number of hydrogen-bond acceptors (Lipinski definition) is 3. The van der Waals surface area contributed by atoms with Gasteiger partial charge in [-0.15, -0.1) is 0 Å². The van der Waals surface area contributed by atoms with Crippen LogP contribution in [0.3, 0.4) is 0 Å². The molecule has 0 bridgehead atoms. The molecular formula is C22H30Cl2N2O2. The lowest BCUT2D eigenvalue weighted by Crippen LogP contribution is -2.58. The third-order valence-electron chi connectivity index (χ3n) is 6.95. The van der Waals surface area contributed by atoms with Gasteiger partial charge in [0.25, 0.3) is 0 Å². The number of halogens is 2. The third kappa shape index (κ3) is 4.21. The van der Waals surface area contributed by atoms with Gasteiger partial charge in [-0.1, -0.05) is 29.3 Å². The first-order valence-electron chi connectivity index (χ1n) is 10.6. The number of amides is 1. The highest BCUT2D eigenvalue weighted by Gasteiger charge is 2.47. The van der Waals surface area contributed by atoms with Gasteiger partial charge in [0.1, 0.15) is 0 Å². The molecule has 3 fully saturated rings.